The van der Waals surface area contributed by atoms with E-state index in [0.29, 0.717) is 18.5 Å². The van der Waals surface area contributed by atoms with Crippen LogP contribution in [-0.2, 0) is 6.54 Å². The van der Waals surface area contributed by atoms with Gasteiger partial charge in [0.05, 0.1) is 0 Å². The number of ether oxygens (including phenoxy) is 2. The van der Waals surface area contributed by atoms with E-state index in [-0.39, 0.29) is 5.91 Å². The van der Waals surface area contributed by atoms with Crippen molar-refractivity contribution in [1.82, 2.24) is 19.7 Å². The molecule has 2 saturated heterocycles. The van der Waals surface area contributed by atoms with Crippen LogP contribution in [0.1, 0.15) is 34.6 Å². The summed E-state index contributed by atoms with van der Waals surface area (Å²) in [7, 11) is 0. The van der Waals surface area contributed by atoms with Crippen molar-refractivity contribution in [3.05, 3.63) is 53.3 Å². The monoisotopic (exact) mass is 422 g/mol. The molecule has 164 valence electrons. The fourth-order valence-corrected chi connectivity index (χ4v) is 4.85. The predicted octanol–water partition coefficient (Wildman–Crippen LogP) is 2.54. The van der Waals surface area contributed by atoms with Crippen molar-refractivity contribution in [3.8, 4) is 11.5 Å². The van der Waals surface area contributed by atoms with Crippen molar-refractivity contribution in [2.45, 2.75) is 32.4 Å². The summed E-state index contributed by atoms with van der Waals surface area (Å²) in [5.74, 6) is 1.76. The molecule has 0 saturated carbocycles. The molecule has 0 aliphatic carbocycles. The molecule has 7 nitrogen and oxygen atoms in total. The van der Waals surface area contributed by atoms with Crippen LogP contribution in [0.15, 0.2) is 36.4 Å². The Labute approximate surface area is 183 Å². The number of hydrogen-bond donors (Lipinski definition) is 0. The van der Waals surface area contributed by atoms with Crippen molar-refractivity contribution >= 4 is 5.91 Å². The highest BCUT2D eigenvalue weighted by atomic mass is 16.7. The van der Waals surface area contributed by atoms with E-state index >= 15 is 0 Å². The van der Waals surface area contributed by atoms with Gasteiger partial charge in [0, 0.05) is 57.5 Å². The van der Waals surface area contributed by atoms with E-state index in [0.717, 1.165) is 75.8 Å². The summed E-state index contributed by atoms with van der Waals surface area (Å²) < 4.78 is 10.9. The largest absolute Gasteiger partial charge is 0.454 e. The highest BCUT2D eigenvalue weighted by Crippen LogP contribution is 2.33. The zero-order valence-electron chi connectivity index (χ0n) is 18.1. The number of hydrogen-bond acceptors (Lipinski definition) is 6. The van der Waals surface area contributed by atoms with E-state index in [1.54, 1.807) is 0 Å². The molecule has 1 aromatic carbocycles. The quantitative estimate of drug-likeness (QED) is 0.755. The Hall–Kier alpha value is -2.64. The Morgan fingerprint density at radius 3 is 2.74 bits per heavy atom. The molecule has 31 heavy (non-hydrogen) atoms. The maximum atomic E-state index is 12.9. The van der Waals surface area contributed by atoms with E-state index in [9.17, 15) is 4.79 Å². The lowest BCUT2D eigenvalue weighted by Crippen LogP contribution is -2.55. The van der Waals surface area contributed by atoms with Gasteiger partial charge in [0.15, 0.2) is 11.5 Å². The SMILES string of the molecule is Cc1cccc(C(=O)N2CCC[C@@H](N3CCN(Cc4ccc5c(c4)OCO5)CC3)C2)n1. The van der Waals surface area contributed by atoms with E-state index in [1.807, 2.05) is 36.1 Å². The Balaban J connectivity index is 1.14. The van der Waals surface area contributed by atoms with Gasteiger partial charge in [-0.1, -0.05) is 12.1 Å². The first kappa shape index (κ1) is 20.3. The standard InChI is InChI=1S/C24H30N4O3/c1-18-4-2-6-21(25-18)24(29)28-9-3-5-20(16-28)27-12-10-26(11-13-27)15-19-7-8-22-23(14-19)31-17-30-22/h2,4,6-8,14,20H,3,5,9-13,15-17H2,1H3/t20-/m1/s1. The molecular formula is C24H30N4O3. The molecule has 1 amide bonds. The van der Waals surface area contributed by atoms with Gasteiger partial charge in [-0.3, -0.25) is 14.6 Å². The highest BCUT2D eigenvalue weighted by molar-refractivity contribution is 5.92. The van der Waals surface area contributed by atoms with Crippen molar-refractivity contribution in [1.29, 1.82) is 0 Å². The summed E-state index contributed by atoms with van der Waals surface area (Å²) in [4.78, 5) is 24.4. The molecule has 2 fully saturated rings. The molecular weight excluding hydrogens is 392 g/mol. The first-order valence-corrected chi connectivity index (χ1v) is 11.2. The zero-order valence-corrected chi connectivity index (χ0v) is 18.1. The predicted molar refractivity (Wildman–Crippen MR) is 117 cm³/mol. The lowest BCUT2D eigenvalue weighted by Gasteiger charge is -2.43. The minimum absolute atomic E-state index is 0.0647. The molecule has 1 atom stereocenters. The molecule has 5 rings (SSSR count). The number of benzene rings is 1. The Morgan fingerprint density at radius 2 is 1.90 bits per heavy atom. The van der Waals surface area contributed by atoms with Crippen molar-refractivity contribution in [3.63, 3.8) is 0 Å². The van der Waals surface area contributed by atoms with Gasteiger partial charge < -0.3 is 14.4 Å². The second kappa shape index (κ2) is 8.85. The van der Waals surface area contributed by atoms with Crippen LogP contribution >= 0.6 is 0 Å². The molecule has 0 bridgehead atoms. The number of piperidine rings is 1. The first-order valence-electron chi connectivity index (χ1n) is 11.2. The molecule has 0 spiro atoms. The summed E-state index contributed by atoms with van der Waals surface area (Å²) in [5, 5.41) is 0. The highest BCUT2D eigenvalue weighted by Gasteiger charge is 2.30. The Bertz CT molecular complexity index is 942. The summed E-state index contributed by atoms with van der Waals surface area (Å²) >= 11 is 0. The molecule has 4 heterocycles. The number of rotatable bonds is 4. The zero-order chi connectivity index (χ0) is 21.2. The van der Waals surface area contributed by atoms with Gasteiger partial charge >= 0.3 is 0 Å². The third-order valence-corrected chi connectivity index (χ3v) is 6.56. The van der Waals surface area contributed by atoms with Crippen LogP contribution in [0.3, 0.4) is 0 Å². The van der Waals surface area contributed by atoms with Crippen LogP contribution in [0, 0.1) is 6.92 Å². The number of piperazine rings is 1. The van der Waals surface area contributed by atoms with E-state index in [1.165, 1.54) is 5.56 Å². The number of amides is 1. The summed E-state index contributed by atoms with van der Waals surface area (Å²) in [6.07, 6.45) is 2.22. The van der Waals surface area contributed by atoms with Crippen molar-refractivity contribution in [2.75, 3.05) is 46.1 Å². The minimum atomic E-state index is 0.0647. The topological polar surface area (TPSA) is 58.1 Å². The van der Waals surface area contributed by atoms with Crippen molar-refractivity contribution in [2.24, 2.45) is 0 Å². The fraction of sp³-hybridized carbons (Fsp3) is 0.500. The third-order valence-electron chi connectivity index (χ3n) is 6.56. The molecule has 3 aliphatic heterocycles. The lowest BCUT2D eigenvalue weighted by atomic mass is 10.0. The number of aromatic nitrogens is 1. The Morgan fingerprint density at radius 1 is 1.06 bits per heavy atom. The number of likely N-dealkylation sites (tertiary alicyclic amines) is 1. The molecule has 0 radical (unpaired) electrons. The van der Waals surface area contributed by atoms with Crippen LogP contribution in [0.25, 0.3) is 0 Å². The van der Waals surface area contributed by atoms with Gasteiger partial charge in [0.2, 0.25) is 6.79 Å². The van der Waals surface area contributed by atoms with E-state index in [2.05, 4.69) is 26.9 Å². The summed E-state index contributed by atoms with van der Waals surface area (Å²) in [6.45, 7) is 8.97. The van der Waals surface area contributed by atoms with Gasteiger partial charge in [0.25, 0.3) is 5.91 Å². The molecule has 7 heteroatoms. The molecule has 2 aromatic rings. The smallest absolute Gasteiger partial charge is 0.272 e. The summed E-state index contributed by atoms with van der Waals surface area (Å²) in [5.41, 5.74) is 2.71. The van der Waals surface area contributed by atoms with Crippen LogP contribution in [0.2, 0.25) is 0 Å². The van der Waals surface area contributed by atoms with Crippen LogP contribution in [0.5, 0.6) is 11.5 Å². The van der Waals surface area contributed by atoms with Crippen LogP contribution in [0.4, 0.5) is 0 Å². The number of pyridine rings is 1. The van der Waals surface area contributed by atoms with E-state index in [4.69, 9.17) is 9.47 Å². The van der Waals surface area contributed by atoms with Gasteiger partial charge in [-0.25, -0.2) is 4.98 Å². The first-order chi connectivity index (χ1) is 15.2. The number of carbonyl (C=O) groups is 1. The fourth-order valence-electron chi connectivity index (χ4n) is 4.85. The summed E-state index contributed by atoms with van der Waals surface area (Å²) in [6, 6.07) is 12.3. The number of fused-ring (bicyclic) bond motifs is 1. The van der Waals surface area contributed by atoms with Gasteiger partial charge in [-0.05, 0) is 49.6 Å². The van der Waals surface area contributed by atoms with E-state index < -0.39 is 0 Å². The lowest BCUT2D eigenvalue weighted by molar-refractivity contribution is 0.0404. The number of nitrogens with zero attached hydrogens (tertiary/aromatic N) is 4. The molecule has 0 N–H and O–H groups in total. The maximum Gasteiger partial charge on any atom is 0.272 e. The molecule has 1 aromatic heterocycles. The maximum absolute atomic E-state index is 12.9. The molecule has 3 aliphatic rings. The van der Waals surface area contributed by atoms with Crippen molar-refractivity contribution < 1.29 is 14.3 Å². The third kappa shape index (κ3) is 4.52. The second-order valence-electron chi connectivity index (χ2n) is 8.71. The van der Waals surface area contributed by atoms with Crippen LogP contribution in [-0.4, -0.2) is 77.7 Å². The van der Waals surface area contributed by atoms with Gasteiger partial charge in [0.1, 0.15) is 5.69 Å². The van der Waals surface area contributed by atoms with Gasteiger partial charge in [-0.2, -0.15) is 0 Å². The number of carbonyl (C=O) groups excluding carboxylic acids is 1. The average molecular weight is 423 g/mol. The number of aryl methyl sites for hydroxylation is 1. The van der Waals surface area contributed by atoms with Gasteiger partial charge in [-0.15, -0.1) is 0 Å². The minimum Gasteiger partial charge on any atom is -0.454 e. The molecule has 0 unspecified atom stereocenters. The Kier molecular flexibility index (Phi) is 5.78. The second-order valence-corrected chi connectivity index (χ2v) is 8.71. The normalized spacial score (nSPS) is 22.0. The van der Waals surface area contributed by atoms with Crippen LogP contribution < -0.4 is 9.47 Å². The average Bonchev–Trinajstić information content (AvgIpc) is 3.27.